The average Bonchev–Trinajstić information content (AvgIpc) is 2.73. The molecule has 0 aliphatic carbocycles. The zero-order chi connectivity index (χ0) is 18.8. The first-order chi connectivity index (χ1) is 13.2. The van der Waals surface area contributed by atoms with E-state index in [-0.39, 0.29) is 0 Å². The van der Waals surface area contributed by atoms with Crippen LogP contribution in [0.25, 0.3) is 33.0 Å². The van der Waals surface area contributed by atoms with Gasteiger partial charge in [-0.25, -0.2) is 0 Å². The van der Waals surface area contributed by atoms with Crippen molar-refractivity contribution in [2.75, 3.05) is 19.0 Å². The highest BCUT2D eigenvalue weighted by Crippen LogP contribution is 2.36. The Morgan fingerprint density at radius 3 is 1.67 bits per heavy atom. The molecule has 4 aromatic carbocycles. The van der Waals surface area contributed by atoms with E-state index in [4.69, 9.17) is 5.26 Å². The molecule has 0 heterocycles. The van der Waals surface area contributed by atoms with Gasteiger partial charge in [0.1, 0.15) is 0 Å². The van der Waals surface area contributed by atoms with Gasteiger partial charge in [-0.3, -0.25) is 0 Å². The summed E-state index contributed by atoms with van der Waals surface area (Å²) in [6, 6.07) is 31.5. The van der Waals surface area contributed by atoms with Crippen molar-refractivity contribution >= 4 is 16.5 Å². The van der Waals surface area contributed by atoms with E-state index in [1.165, 1.54) is 33.2 Å². The van der Waals surface area contributed by atoms with Crippen molar-refractivity contribution in [1.82, 2.24) is 0 Å². The lowest BCUT2D eigenvalue weighted by molar-refractivity contribution is 1.13. The van der Waals surface area contributed by atoms with Gasteiger partial charge in [-0.15, -0.1) is 0 Å². The standard InChI is InChI=1S/C25H20N2/c1-27(2)22-15-13-20(14-16-22)24-8-4-6-21-5-3-7-23(25(21)24)19-11-9-18(17-26)10-12-19/h3-16H,1-2H3. The normalized spacial score (nSPS) is 10.6. The molecular formula is C25H20N2. The number of nitriles is 1. The fourth-order valence-electron chi connectivity index (χ4n) is 3.49. The number of benzene rings is 4. The van der Waals surface area contributed by atoms with Gasteiger partial charge in [-0.05, 0) is 57.3 Å². The van der Waals surface area contributed by atoms with E-state index < -0.39 is 0 Å². The molecule has 2 nitrogen and oxygen atoms in total. The van der Waals surface area contributed by atoms with E-state index >= 15 is 0 Å². The van der Waals surface area contributed by atoms with E-state index in [0.717, 1.165) is 5.56 Å². The van der Waals surface area contributed by atoms with Crippen molar-refractivity contribution in [2.45, 2.75) is 0 Å². The molecule has 2 heteroatoms. The molecule has 0 bridgehead atoms. The minimum atomic E-state index is 0.679. The first-order valence-corrected chi connectivity index (χ1v) is 8.97. The molecule has 0 atom stereocenters. The molecule has 0 saturated carbocycles. The van der Waals surface area contributed by atoms with E-state index in [1.807, 2.05) is 24.3 Å². The largest absolute Gasteiger partial charge is 0.378 e. The Morgan fingerprint density at radius 1 is 0.667 bits per heavy atom. The molecule has 0 aliphatic rings. The molecular weight excluding hydrogens is 328 g/mol. The Balaban J connectivity index is 1.92. The maximum Gasteiger partial charge on any atom is 0.0991 e. The van der Waals surface area contributed by atoms with E-state index in [1.54, 1.807) is 0 Å². The second-order valence-corrected chi connectivity index (χ2v) is 6.84. The summed E-state index contributed by atoms with van der Waals surface area (Å²) in [4.78, 5) is 2.11. The van der Waals surface area contributed by atoms with Crippen molar-refractivity contribution in [3.63, 3.8) is 0 Å². The van der Waals surface area contributed by atoms with Crippen LogP contribution < -0.4 is 4.90 Å². The number of hydrogen-bond donors (Lipinski definition) is 0. The van der Waals surface area contributed by atoms with Crippen LogP contribution in [-0.2, 0) is 0 Å². The summed E-state index contributed by atoms with van der Waals surface area (Å²) in [6.07, 6.45) is 0. The molecule has 0 radical (unpaired) electrons. The predicted molar refractivity (Wildman–Crippen MR) is 114 cm³/mol. The van der Waals surface area contributed by atoms with Crippen LogP contribution >= 0.6 is 0 Å². The van der Waals surface area contributed by atoms with Crippen molar-refractivity contribution < 1.29 is 0 Å². The fourth-order valence-corrected chi connectivity index (χ4v) is 3.49. The highest BCUT2D eigenvalue weighted by molar-refractivity contribution is 6.06. The van der Waals surface area contributed by atoms with Crippen molar-refractivity contribution in [1.29, 1.82) is 5.26 Å². The smallest absolute Gasteiger partial charge is 0.0991 e. The highest BCUT2D eigenvalue weighted by atomic mass is 15.1. The first-order valence-electron chi connectivity index (χ1n) is 8.97. The van der Waals surface area contributed by atoms with Gasteiger partial charge < -0.3 is 4.90 Å². The van der Waals surface area contributed by atoms with Crippen LogP contribution in [0.15, 0.2) is 84.9 Å². The summed E-state index contributed by atoms with van der Waals surface area (Å²) >= 11 is 0. The lowest BCUT2D eigenvalue weighted by Crippen LogP contribution is -2.07. The SMILES string of the molecule is CN(C)c1ccc(-c2cccc3cccc(-c4ccc(C#N)cc4)c23)cc1. The Hall–Kier alpha value is -3.57. The van der Waals surface area contributed by atoms with Crippen LogP contribution in [0.2, 0.25) is 0 Å². The molecule has 130 valence electrons. The predicted octanol–water partition coefficient (Wildman–Crippen LogP) is 6.11. The van der Waals surface area contributed by atoms with Crippen LogP contribution in [0.5, 0.6) is 0 Å². The summed E-state index contributed by atoms with van der Waals surface area (Å²) in [5.74, 6) is 0. The number of hydrogen-bond acceptors (Lipinski definition) is 2. The molecule has 0 amide bonds. The van der Waals surface area contributed by atoms with Crippen molar-refractivity contribution in [3.05, 3.63) is 90.5 Å². The van der Waals surface area contributed by atoms with Gasteiger partial charge in [0.2, 0.25) is 0 Å². The summed E-state index contributed by atoms with van der Waals surface area (Å²) in [5, 5.41) is 11.5. The van der Waals surface area contributed by atoms with Gasteiger partial charge >= 0.3 is 0 Å². The number of anilines is 1. The quantitative estimate of drug-likeness (QED) is 0.446. The zero-order valence-electron chi connectivity index (χ0n) is 15.5. The molecule has 0 saturated heterocycles. The topological polar surface area (TPSA) is 27.0 Å². The third kappa shape index (κ3) is 3.16. The van der Waals surface area contributed by atoms with E-state index in [2.05, 4.69) is 85.7 Å². The minimum Gasteiger partial charge on any atom is -0.378 e. The number of nitrogens with zero attached hydrogens (tertiary/aromatic N) is 2. The molecule has 0 N–H and O–H groups in total. The fraction of sp³-hybridized carbons (Fsp3) is 0.0800. The highest BCUT2D eigenvalue weighted by Gasteiger charge is 2.10. The van der Waals surface area contributed by atoms with Gasteiger partial charge in [0, 0.05) is 19.8 Å². The summed E-state index contributed by atoms with van der Waals surface area (Å²) < 4.78 is 0. The van der Waals surface area contributed by atoms with Gasteiger partial charge in [-0.1, -0.05) is 60.7 Å². The minimum absolute atomic E-state index is 0.679. The second kappa shape index (κ2) is 6.97. The molecule has 0 fully saturated rings. The Kier molecular flexibility index (Phi) is 4.36. The zero-order valence-corrected chi connectivity index (χ0v) is 15.5. The van der Waals surface area contributed by atoms with E-state index in [9.17, 15) is 0 Å². The van der Waals surface area contributed by atoms with Crippen molar-refractivity contribution in [2.24, 2.45) is 0 Å². The Bertz CT molecular complexity index is 1130. The molecule has 0 spiro atoms. The maximum atomic E-state index is 9.07. The third-order valence-corrected chi connectivity index (χ3v) is 4.92. The molecule has 0 unspecified atom stereocenters. The Morgan fingerprint density at radius 2 is 1.19 bits per heavy atom. The second-order valence-electron chi connectivity index (χ2n) is 6.84. The Labute approximate surface area is 159 Å². The third-order valence-electron chi connectivity index (χ3n) is 4.92. The van der Waals surface area contributed by atoms with Crippen molar-refractivity contribution in [3.8, 4) is 28.3 Å². The molecule has 4 aromatic rings. The van der Waals surface area contributed by atoms with Gasteiger partial charge in [0.05, 0.1) is 11.6 Å². The van der Waals surface area contributed by atoms with Crippen LogP contribution in [-0.4, -0.2) is 14.1 Å². The van der Waals surface area contributed by atoms with Gasteiger partial charge in [-0.2, -0.15) is 5.26 Å². The summed E-state index contributed by atoms with van der Waals surface area (Å²) in [7, 11) is 4.10. The van der Waals surface area contributed by atoms with Gasteiger partial charge in [0.25, 0.3) is 0 Å². The molecule has 0 aliphatic heterocycles. The van der Waals surface area contributed by atoms with Crippen LogP contribution in [0.1, 0.15) is 5.56 Å². The lowest BCUT2D eigenvalue weighted by Gasteiger charge is -2.15. The summed E-state index contributed by atoms with van der Waals surface area (Å²) in [5.41, 5.74) is 6.59. The maximum absolute atomic E-state index is 9.07. The molecule has 27 heavy (non-hydrogen) atoms. The lowest BCUT2D eigenvalue weighted by atomic mass is 9.91. The number of rotatable bonds is 3. The van der Waals surface area contributed by atoms with Crippen LogP contribution in [0.4, 0.5) is 5.69 Å². The van der Waals surface area contributed by atoms with E-state index in [0.29, 0.717) is 5.56 Å². The number of fused-ring (bicyclic) bond motifs is 1. The molecule has 0 aromatic heterocycles. The monoisotopic (exact) mass is 348 g/mol. The molecule has 4 rings (SSSR count). The first kappa shape index (κ1) is 16.9. The van der Waals surface area contributed by atoms with Crippen LogP contribution in [0, 0.1) is 11.3 Å². The van der Waals surface area contributed by atoms with Crippen LogP contribution in [0.3, 0.4) is 0 Å². The van der Waals surface area contributed by atoms with Gasteiger partial charge in [0.15, 0.2) is 0 Å². The average molecular weight is 348 g/mol. The summed E-state index contributed by atoms with van der Waals surface area (Å²) in [6.45, 7) is 0.